The molecule has 22 heavy (non-hydrogen) atoms. The van der Waals surface area contributed by atoms with Crippen molar-refractivity contribution in [1.29, 1.82) is 5.26 Å². The Morgan fingerprint density at radius 2 is 2.23 bits per heavy atom. The summed E-state index contributed by atoms with van der Waals surface area (Å²) in [4.78, 5) is 2.14. The Hall–Kier alpha value is -1.49. The van der Waals surface area contributed by atoms with E-state index < -0.39 is 15.8 Å². The Morgan fingerprint density at radius 3 is 2.86 bits per heavy atom. The van der Waals surface area contributed by atoms with E-state index in [1.54, 1.807) is 19.2 Å². The molecule has 7 heteroatoms. The van der Waals surface area contributed by atoms with Gasteiger partial charge in [0.2, 0.25) is 10.0 Å². The van der Waals surface area contributed by atoms with E-state index in [2.05, 4.69) is 4.90 Å². The van der Waals surface area contributed by atoms with Gasteiger partial charge in [0.15, 0.2) is 0 Å². The van der Waals surface area contributed by atoms with E-state index in [4.69, 9.17) is 5.26 Å². The molecular weight excluding hydrogens is 305 g/mol. The number of halogens is 1. The molecule has 1 aromatic rings. The van der Waals surface area contributed by atoms with Gasteiger partial charge in [-0.2, -0.15) is 5.26 Å². The second-order valence-electron chi connectivity index (χ2n) is 5.74. The number of hydrogen-bond acceptors (Lipinski definition) is 4. The molecule has 0 bridgehead atoms. The van der Waals surface area contributed by atoms with E-state index in [-0.39, 0.29) is 11.6 Å². The van der Waals surface area contributed by atoms with Crippen LogP contribution in [0.15, 0.2) is 18.2 Å². The highest BCUT2D eigenvalue weighted by atomic mass is 32.2. The predicted octanol–water partition coefficient (Wildman–Crippen LogP) is 1.55. The van der Waals surface area contributed by atoms with Crippen LogP contribution in [0.25, 0.3) is 0 Å². The van der Waals surface area contributed by atoms with Crippen molar-refractivity contribution in [2.24, 2.45) is 0 Å². The highest BCUT2D eigenvalue weighted by molar-refractivity contribution is 7.88. The van der Waals surface area contributed by atoms with Crippen molar-refractivity contribution in [2.45, 2.75) is 25.4 Å². The first-order chi connectivity index (χ1) is 10.3. The van der Waals surface area contributed by atoms with Crippen molar-refractivity contribution in [3.63, 3.8) is 0 Å². The molecule has 5 nitrogen and oxygen atoms in total. The normalized spacial score (nSPS) is 20.0. The van der Waals surface area contributed by atoms with Crippen molar-refractivity contribution in [3.05, 3.63) is 35.1 Å². The lowest BCUT2D eigenvalue weighted by Gasteiger charge is -2.36. The van der Waals surface area contributed by atoms with Gasteiger partial charge in [0.05, 0.1) is 11.8 Å². The summed E-state index contributed by atoms with van der Waals surface area (Å²) in [6.45, 7) is 2.10. The van der Waals surface area contributed by atoms with Crippen LogP contribution in [0.3, 0.4) is 0 Å². The van der Waals surface area contributed by atoms with Gasteiger partial charge in [0, 0.05) is 26.2 Å². The zero-order chi connectivity index (χ0) is 16.3. The Balaban J connectivity index is 2.06. The monoisotopic (exact) mass is 325 g/mol. The molecule has 0 spiro atoms. The zero-order valence-electron chi connectivity index (χ0n) is 12.8. The summed E-state index contributed by atoms with van der Waals surface area (Å²) in [6.07, 6.45) is 2.97. The lowest BCUT2D eigenvalue weighted by Crippen LogP contribution is -2.47. The minimum absolute atomic E-state index is 0.0410. The van der Waals surface area contributed by atoms with E-state index in [9.17, 15) is 12.8 Å². The molecule has 1 aliphatic heterocycles. The van der Waals surface area contributed by atoms with Crippen LogP contribution in [-0.2, 0) is 16.6 Å². The molecular formula is C15H20FN3O2S. The summed E-state index contributed by atoms with van der Waals surface area (Å²) in [5, 5.41) is 8.88. The molecule has 1 fully saturated rings. The van der Waals surface area contributed by atoms with Crippen molar-refractivity contribution < 1.29 is 12.8 Å². The molecule has 0 aromatic heterocycles. The smallest absolute Gasteiger partial charge is 0.211 e. The lowest BCUT2D eigenvalue weighted by atomic mass is 10.0. The van der Waals surface area contributed by atoms with Crippen LogP contribution in [0, 0.1) is 17.1 Å². The predicted molar refractivity (Wildman–Crippen MR) is 82.0 cm³/mol. The summed E-state index contributed by atoms with van der Waals surface area (Å²) in [5.74, 6) is -0.514. The molecule has 1 aliphatic rings. The number of benzene rings is 1. The third kappa shape index (κ3) is 4.03. The van der Waals surface area contributed by atoms with Crippen LogP contribution in [0.2, 0.25) is 0 Å². The Morgan fingerprint density at radius 1 is 1.50 bits per heavy atom. The second kappa shape index (κ2) is 6.73. The van der Waals surface area contributed by atoms with Crippen LogP contribution in [0.5, 0.6) is 0 Å². The minimum Gasteiger partial charge on any atom is -0.297 e. The molecule has 0 saturated carbocycles. The second-order valence-corrected chi connectivity index (χ2v) is 7.78. The van der Waals surface area contributed by atoms with Gasteiger partial charge in [-0.1, -0.05) is 6.07 Å². The first kappa shape index (κ1) is 16.9. The van der Waals surface area contributed by atoms with Crippen molar-refractivity contribution in [2.75, 3.05) is 26.4 Å². The lowest BCUT2D eigenvalue weighted by molar-refractivity contribution is 0.153. The van der Waals surface area contributed by atoms with Crippen LogP contribution in [0.1, 0.15) is 24.0 Å². The maximum absolute atomic E-state index is 13.3. The van der Waals surface area contributed by atoms with Gasteiger partial charge in [-0.3, -0.25) is 4.90 Å². The minimum atomic E-state index is -3.20. The van der Waals surface area contributed by atoms with Gasteiger partial charge in [0.1, 0.15) is 11.9 Å². The van der Waals surface area contributed by atoms with Crippen molar-refractivity contribution in [1.82, 2.24) is 9.21 Å². The molecule has 0 N–H and O–H groups in total. The fourth-order valence-electron chi connectivity index (χ4n) is 2.76. The number of rotatable bonds is 4. The molecule has 0 unspecified atom stereocenters. The highest BCUT2D eigenvalue weighted by Gasteiger charge is 2.27. The van der Waals surface area contributed by atoms with Crippen molar-refractivity contribution >= 4 is 10.0 Å². The van der Waals surface area contributed by atoms with E-state index in [0.29, 0.717) is 13.1 Å². The summed E-state index contributed by atoms with van der Waals surface area (Å²) in [6, 6.07) is 6.32. The average molecular weight is 325 g/mol. The average Bonchev–Trinajstić information content (AvgIpc) is 2.48. The fraction of sp³-hybridized carbons (Fsp3) is 0.533. The first-order valence-electron chi connectivity index (χ1n) is 7.15. The maximum Gasteiger partial charge on any atom is 0.211 e. The molecule has 120 valence electrons. The van der Waals surface area contributed by atoms with E-state index in [1.807, 2.05) is 6.07 Å². The SMILES string of the molecule is CN([C@H]1CCCN(Cc2ccc(F)c(C#N)c2)C1)S(C)(=O)=O. The summed E-state index contributed by atoms with van der Waals surface area (Å²) < 4.78 is 38.1. The van der Waals surface area contributed by atoms with Crippen molar-refractivity contribution in [3.8, 4) is 6.07 Å². The quantitative estimate of drug-likeness (QED) is 0.842. The van der Waals surface area contributed by atoms with Crippen LogP contribution in [-0.4, -0.2) is 50.1 Å². The summed E-state index contributed by atoms with van der Waals surface area (Å²) in [7, 11) is -1.59. The number of likely N-dealkylation sites (N-methyl/N-ethyl adjacent to an activating group) is 1. The molecule has 1 atom stereocenters. The number of piperidine rings is 1. The number of nitrogens with zero attached hydrogens (tertiary/aromatic N) is 3. The fourth-order valence-corrected chi connectivity index (χ4v) is 3.47. The molecule has 1 saturated heterocycles. The first-order valence-corrected chi connectivity index (χ1v) is 9.00. The van der Waals surface area contributed by atoms with E-state index in [1.165, 1.54) is 16.6 Å². The van der Waals surface area contributed by atoms with Crippen LogP contribution < -0.4 is 0 Å². The van der Waals surface area contributed by atoms with E-state index in [0.717, 1.165) is 24.9 Å². The standard InChI is InChI=1S/C15H20FN3O2S/c1-18(22(2,20)21)14-4-3-7-19(11-14)10-12-5-6-15(16)13(8-12)9-17/h5-6,8,14H,3-4,7,10-11H2,1-2H3/t14-/m0/s1. The zero-order valence-corrected chi connectivity index (χ0v) is 13.6. The molecule has 1 heterocycles. The van der Waals surface area contributed by atoms with Gasteiger partial charge in [-0.15, -0.1) is 0 Å². The Kier molecular flexibility index (Phi) is 5.16. The van der Waals surface area contributed by atoms with Crippen LogP contribution >= 0.6 is 0 Å². The number of sulfonamides is 1. The summed E-state index contributed by atoms with van der Waals surface area (Å²) in [5.41, 5.74) is 0.903. The maximum atomic E-state index is 13.3. The Bertz CT molecular complexity index is 685. The molecule has 1 aromatic carbocycles. The number of nitriles is 1. The third-order valence-corrected chi connectivity index (χ3v) is 5.42. The topological polar surface area (TPSA) is 64.4 Å². The summed E-state index contributed by atoms with van der Waals surface area (Å²) >= 11 is 0. The van der Waals surface area contributed by atoms with Gasteiger partial charge >= 0.3 is 0 Å². The van der Waals surface area contributed by atoms with E-state index >= 15 is 0 Å². The molecule has 2 rings (SSSR count). The van der Waals surface area contributed by atoms with Gasteiger partial charge in [-0.05, 0) is 37.1 Å². The molecule has 0 aliphatic carbocycles. The number of likely N-dealkylation sites (tertiary alicyclic amines) is 1. The number of hydrogen-bond donors (Lipinski definition) is 0. The van der Waals surface area contributed by atoms with Gasteiger partial charge < -0.3 is 0 Å². The Labute approximate surface area is 131 Å². The third-order valence-electron chi connectivity index (χ3n) is 4.08. The van der Waals surface area contributed by atoms with Crippen LogP contribution in [0.4, 0.5) is 4.39 Å². The molecule has 0 amide bonds. The largest absolute Gasteiger partial charge is 0.297 e. The molecule has 0 radical (unpaired) electrons. The van der Waals surface area contributed by atoms with Gasteiger partial charge in [-0.25, -0.2) is 17.1 Å². The highest BCUT2D eigenvalue weighted by Crippen LogP contribution is 2.19. The van der Waals surface area contributed by atoms with Gasteiger partial charge in [0.25, 0.3) is 0 Å².